The molecule has 7 heteroatoms. The molecule has 0 radical (unpaired) electrons. The van der Waals surface area contributed by atoms with E-state index in [0.29, 0.717) is 17.6 Å². The number of para-hydroxylation sites is 1. The van der Waals surface area contributed by atoms with Crippen LogP contribution >= 0.6 is 11.6 Å². The average Bonchev–Trinajstić information content (AvgIpc) is 3.23. The molecule has 0 saturated carbocycles. The average molecular weight is 398 g/mol. The van der Waals surface area contributed by atoms with Crippen LogP contribution in [0.3, 0.4) is 0 Å². The predicted molar refractivity (Wildman–Crippen MR) is 112 cm³/mol. The fourth-order valence-corrected chi connectivity index (χ4v) is 3.21. The van der Waals surface area contributed by atoms with Gasteiger partial charge in [0.15, 0.2) is 0 Å². The van der Waals surface area contributed by atoms with Gasteiger partial charge in [0.05, 0.1) is 12.2 Å². The molecule has 0 aliphatic carbocycles. The van der Waals surface area contributed by atoms with E-state index in [1.54, 1.807) is 17.0 Å². The van der Waals surface area contributed by atoms with Crippen LogP contribution < -0.4 is 5.32 Å². The van der Waals surface area contributed by atoms with Crippen molar-refractivity contribution < 1.29 is 4.79 Å². The molecule has 3 aromatic rings. The van der Waals surface area contributed by atoms with Crippen molar-refractivity contribution in [1.29, 1.82) is 0 Å². The third-order valence-electron chi connectivity index (χ3n) is 4.22. The molecule has 28 heavy (non-hydrogen) atoms. The highest BCUT2D eigenvalue weighted by molar-refractivity contribution is 6.31. The Morgan fingerprint density at radius 1 is 1.29 bits per heavy atom. The lowest BCUT2D eigenvalue weighted by molar-refractivity contribution is -0.111. The van der Waals surface area contributed by atoms with Crippen LogP contribution in [0.5, 0.6) is 0 Å². The first-order chi connectivity index (χ1) is 13.4. The first kappa shape index (κ1) is 19.9. The maximum Gasteiger partial charge on any atom is 0.248 e. The Morgan fingerprint density at radius 2 is 2.07 bits per heavy atom. The molecule has 0 saturated heterocycles. The molecule has 1 aromatic carbocycles. The summed E-state index contributed by atoms with van der Waals surface area (Å²) in [6.45, 7) is 7.42. The molecule has 0 aliphatic rings. The molecule has 0 unspecified atom stereocenters. The number of aromatic nitrogens is 4. The van der Waals surface area contributed by atoms with Crippen molar-refractivity contribution in [2.24, 2.45) is 5.92 Å². The van der Waals surface area contributed by atoms with Crippen molar-refractivity contribution in [2.45, 2.75) is 33.9 Å². The maximum atomic E-state index is 12.5. The molecule has 0 bridgehead atoms. The fourth-order valence-electron chi connectivity index (χ4n) is 2.91. The Balaban J connectivity index is 1.72. The molecular weight excluding hydrogens is 374 g/mol. The van der Waals surface area contributed by atoms with Crippen molar-refractivity contribution in [1.82, 2.24) is 19.6 Å². The van der Waals surface area contributed by atoms with Gasteiger partial charge >= 0.3 is 0 Å². The number of carbonyl (C=O) groups excluding carboxylic acids is 1. The number of nitrogens with zero attached hydrogens (tertiary/aromatic N) is 4. The largest absolute Gasteiger partial charge is 0.322 e. The van der Waals surface area contributed by atoms with Gasteiger partial charge < -0.3 is 5.32 Å². The number of hydrogen-bond acceptors (Lipinski definition) is 3. The summed E-state index contributed by atoms with van der Waals surface area (Å²) in [4.78, 5) is 12.5. The third kappa shape index (κ3) is 4.89. The summed E-state index contributed by atoms with van der Waals surface area (Å²) in [5, 5.41) is 12.2. The van der Waals surface area contributed by atoms with Crippen LogP contribution in [0.15, 0.2) is 48.8 Å². The van der Waals surface area contributed by atoms with Gasteiger partial charge in [-0.25, -0.2) is 0 Å². The maximum absolute atomic E-state index is 12.5. The van der Waals surface area contributed by atoms with Gasteiger partial charge in [-0.1, -0.05) is 43.6 Å². The number of rotatable bonds is 7. The third-order valence-corrected chi connectivity index (χ3v) is 4.61. The number of carbonyl (C=O) groups is 1. The highest BCUT2D eigenvalue weighted by atomic mass is 35.5. The Bertz CT molecular complexity index is 973. The second kappa shape index (κ2) is 8.89. The van der Waals surface area contributed by atoms with Crippen LogP contribution in [0.4, 0.5) is 5.69 Å². The molecule has 3 rings (SSSR count). The van der Waals surface area contributed by atoms with E-state index in [0.717, 1.165) is 29.1 Å². The van der Waals surface area contributed by atoms with E-state index < -0.39 is 0 Å². The number of benzene rings is 1. The lowest BCUT2D eigenvalue weighted by Gasteiger charge is -2.10. The van der Waals surface area contributed by atoms with Crippen LogP contribution in [0, 0.1) is 12.8 Å². The Labute approximate surface area is 169 Å². The summed E-state index contributed by atoms with van der Waals surface area (Å²) in [6.07, 6.45) is 6.82. The van der Waals surface area contributed by atoms with Gasteiger partial charge in [-0.2, -0.15) is 10.2 Å². The molecule has 2 heterocycles. The van der Waals surface area contributed by atoms with Gasteiger partial charge in [0.25, 0.3) is 0 Å². The summed E-state index contributed by atoms with van der Waals surface area (Å²) in [5.41, 5.74) is 3.30. The standard InChI is InChI=1S/C21H24ClN5O/c1-15(2)13-27-21(22)18(16(3)25-27)9-10-20(28)24-19-8-5-4-7-17(19)14-26-12-6-11-23-26/h4-12,15H,13-14H2,1-3H3,(H,24,28)/b10-9+. The molecule has 0 atom stereocenters. The zero-order chi connectivity index (χ0) is 20.1. The van der Waals surface area contributed by atoms with Gasteiger partial charge in [-0.15, -0.1) is 0 Å². The highest BCUT2D eigenvalue weighted by Gasteiger charge is 2.12. The number of anilines is 1. The second-order valence-electron chi connectivity index (χ2n) is 7.05. The fraction of sp³-hybridized carbons (Fsp3) is 0.286. The molecule has 1 N–H and O–H groups in total. The van der Waals surface area contributed by atoms with Crippen LogP contribution in [0.25, 0.3) is 6.08 Å². The highest BCUT2D eigenvalue weighted by Crippen LogP contribution is 2.22. The molecular formula is C21H24ClN5O. The van der Waals surface area contributed by atoms with Gasteiger partial charge in [0.1, 0.15) is 5.15 Å². The molecule has 146 valence electrons. The zero-order valence-corrected chi connectivity index (χ0v) is 17.0. The van der Waals surface area contributed by atoms with Crippen molar-refractivity contribution in [3.05, 3.63) is 70.8 Å². The molecule has 1 amide bonds. The van der Waals surface area contributed by atoms with Crippen LogP contribution in [0.2, 0.25) is 5.15 Å². The van der Waals surface area contributed by atoms with Crippen molar-refractivity contribution in [3.63, 3.8) is 0 Å². The minimum atomic E-state index is -0.222. The smallest absolute Gasteiger partial charge is 0.248 e. The summed E-state index contributed by atoms with van der Waals surface area (Å²) >= 11 is 6.43. The lowest BCUT2D eigenvalue weighted by atomic mass is 10.1. The molecule has 0 spiro atoms. The van der Waals surface area contributed by atoms with Gasteiger partial charge in [0.2, 0.25) is 5.91 Å². The second-order valence-corrected chi connectivity index (χ2v) is 7.41. The first-order valence-electron chi connectivity index (χ1n) is 9.21. The molecule has 6 nitrogen and oxygen atoms in total. The lowest BCUT2D eigenvalue weighted by Crippen LogP contribution is -2.11. The number of nitrogens with one attached hydrogen (secondary N) is 1. The number of amides is 1. The van der Waals surface area contributed by atoms with E-state index in [4.69, 9.17) is 11.6 Å². The predicted octanol–water partition coefficient (Wildman–Crippen LogP) is 4.40. The van der Waals surface area contributed by atoms with Crippen molar-refractivity contribution in [2.75, 3.05) is 5.32 Å². The van der Waals surface area contributed by atoms with Gasteiger partial charge in [-0.3, -0.25) is 14.2 Å². The van der Waals surface area contributed by atoms with Crippen LogP contribution in [-0.2, 0) is 17.9 Å². The summed E-state index contributed by atoms with van der Waals surface area (Å²) < 4.78 is 3.59. The topological polar surface area (TPSA) is 64.7 Å². The van der Waals surface area contributed by atoms with E-state index in [1.165, 1.54) is 6.08 Å². The van der Waals surface area contributed by atoms with Crippen LogP contribution in [-0.4, -0.2) is 25.5 Å². The number of halogens is 1. The Morgan fingerprint density at radius 3 is 2.79 bits per heavy atom. The van der Waals surface area contributed by atoms with E-state index >= 15 is 0 Å². The summed E-state index contributed by atoms with van der Waals surface area (Å²) in [6, 6.07) is 9.55. The Kier molecular flexibility index (Phi) is 6.31. The zero-order valence-electron chi connectivity index (χ0n) is 16.3. The summed E-state index contributed by atoms with van der Waals surface area (Å²) in [5.74, 6) is 0.211. The van der Waals surface area contributed by atoms with Gasteiger partial charge in [-0.05, 0) is 36.6 Å². The van der Waals surface area contributed by atoms with E-state index in [9.17, 15) is 4.79 Å². The number of aryl methyl sites for hydroxylation is 1. The minimum absolute atomic E-state index is 0.222. The Hall–Kier alpha value is -2.86. The number of hydrogen-bond donors (Lipinski definition) is 1. The molecule has 0 aliphatic heterocycles. The SMILES string of the molecule is Cc1nn(CC(C)C)c(Cl)c1/C=C/C(=O)Nc1ccccc1Cn1cccn1. The van der Waals surface area contributed by atoms with E-state index in [2.05, 4.69) is 29.4 Å². The van der Waals surface area contributed by atoms with Crippen molar-refractivity contribution >= 4 is 29.3 Å². The quantitative estimate of drug-likeness (QED) is 0.601. The first-order valence-corrected chi connectivity index (χ1v) is 9.59. The normalized spacial score (nSPS) is 11.5. The van der Waals surface area contributed by atoms with Crippen LogP contribution in [0.1, 0.15) is 30.7 Å². The molecule has 0 fully saturated rings. The van der Waals surface area contributed by atoms with E-state index in [-0.39, 0.29) is 5.91 Å². The van der Waals surface area contributed by atoms with Crippen molar-refractivity contribution in [3.8, 4) is 0 Å². The molecule has 2 aromatic heterocycles. The monoisotopic (exact) mass is 397 g/mol. The van der Waals surface area contributed by atoms with Gasteiger partial charge in [0, 0.05) is 36.3 Å². The van der Waals surface area contributed by atoms with E-state index in [1.807, 2.05) is 48.1 Å². The summed E-state index contributed by atoms with van der Waals surface area (Å²) in [7, 11) is 0. The minimum Gasteiger partial charge on any atom is -0.322 e.